The highest BCUT2D eigenvalue weighted by molar-refractivity contribution is 5.33. The van der Waals surface area contributed by atoms with Gasteiger partial charge in [-0.1, -0.05) is 18.2 Å². The van der Waals surface area contributed by atoms with Crippen LogP contribution in [0.25, 0.3) is 0 Å². The molecule has 1 N–H and O–H groups in total. The number of rotatable bonds is 4. The molecule has 1 aromatic carbocycles. The van der Waals surface area contributed by atoms with Gasteiger partial charge in [-0.15, -0.1) is 0 Å². The highest BCUT2D eigenvalue weighted by Crippen LogP contribution is 2.22. The Balaban J connectivity index is 1.99. The van der Waals surface area contributed by atoms with Crippen molar-refractivity contribution in [3.63, 3.8) is 0 Å². The smallest absolute Gasteiger partial charge is 0.124 e. The Kier molecular flexibility index (Phi) is 4.83. The molecule has 1 aromatic rings. The molecule has 1 atom stereocenters. The molecule has 0 spiro atoms. The number of nitrogens with one attached hydrogen (secondary N) is 1. The van der Waals surface area contributed by atoms with Crippen molar-refractivity contribution in [2.24, 2.45) is 0 Å². The van der Waals surface area contributed by atoms with Crippen LogP contribution < -0.4 is 10.1 Å². The van der Waals surface area contributed by atoms with E-state index >= 15 is 0 Å². The first kappa shape index (κ1) is 14.4. The van der Waals surface area contributed by atoms with Crippen LogP contribution in [0.2, 0.25) is 0 Å². The highest BCUT2D eigenvalue weighted by Gasteiger charge is 2.17. The van der Waals surface area contributed by atoms with E-state index in [0.29, 0.717) is 6.61 Å². The van der Waals surface area contributed by atoms with E-state index in [4.69, 9.17) is 9.47 Å². The summed E-state index contributed by atoms with van der Waals surface area (Å²) in [4.78, 5) is 0. The van der Waals surface area contributed by atoms with Gasteiger partial charge in [0.2, 0.25) is 0 Å². The maximum absolute atomic E-state index is 6.09. The molecule has 0 radical (unpaired) electrons. The Morgan fingerprint density at radius 1 is 1.32 bits per heavy atom. The van der Waals surface area contributed by atoms with Crippen molar-refractivity contribution in [2.75, 3.05) is 13.2 Å². The van der Waals surface area contributed by atoms with Crippen molar-refractivity contribution >= 4 is 0 Å². The fraction of sp³-hybridized carbons (Fsp3) is 0.625. The first-order valence-electron chi connectivity index (χ1n) is 7.12. The lowest BCUT2D eigenvalue weighted by atomic mass is 10.1. The molecule has 1 aliphatic rings. The number of hydrogen-bond donors (Lipinski definition) is 1. The van der Waals surface area contributed by atoms with Crippen LogP contribution in [0.3, 0.4) is 0 Å². The molecule has 1 saturated heterocycles. The van der Waals surface area contributed by atoms with Crippen LogP contribution in [0.4, 0.5) is 0 Å². The van der Waals surface area contributed by atoms with Gasteiger partial charge in [-0.05, 0) is 39.7 Å². The Morgan fingerprint density at radius 2 is 2.11 bits per heavy atom. The van der Waals surface area contributed by atoms with E-state index in [1.807, 2.05) is 12.1 Å². The van der Waals surface area contributed by atoms with Gasteiger partial charge < -0.3 is 14.8 Å². The van der Waals surface area contributed by atoms with Gasteiger partial charge in [-0.25, -0.2) is 0 Å². The first-order chi connectivity index (χ1) is 9.04. The average molecular weight is 263 g/mol. The van der Waals surface area contributed by atoms with E-state index in [1.165, 1.54) is 5.56 Å². The molecule has 0 bridgehead atoms. The number of ether oxygens (including phenoxy) is 2. The maximum Gasteiger partial charge on any atom is 0.124 e. The summed E-state index contributed by atoms with van der Waals surface area (Å²) in [6.45, 7) is 8.92. The van der Waals surface area contributed by atoms with Gasteiger partial charge in [-0.3, -0.25) is 0 Å². The van der Waals surface area contributed by atoms with Crippen molar-refractivity contribution in [3.8, 4) is 5.75 Å². The van der Waals surface area contributed by atoms with Crippen molar-refractivity contribution < 1.29 is 9.47 Å². The lowest BCUT2D eigenvalue weighted by Gasteiger charge is -2.26. The predicted octanol–water partition coefficient (Wildman–Crippen LogP) is 3.13. The van der Waals surface area contributed by atoms with Crippen LogP contribution in [0, 0.1) is 0 Å². The van der Waals surface area contributed by atoms with E-state index in [-0.39, 0.29) is 11.6 Å². The Bertz CT molecular complexity index is 392. The fourth-order valence-corrected chi connectivity index (χ4v) is 2.11. The topological polar surface area (TPSA) is 30.5 Å². The summed E-state index contributed by atoms with van der Waals surface area (Å²) >= 11 is 0. The summed E-state index contributed by atoms with van der Waals surface area (Å²) in [5, 5.41) is 3.50. The number of benzene rings is 1. The summed E-state index contributed by atoms with van der Waals surface area (Å²) < 4.78 is 11.6. The summed E-state index contributed by atoms with van der Waals surface area (Å²) in [6, 6.07) is 8.26. The molecule has 0 saturated carbocycles. The molecule has 1 aliphatic heterocycles. The van der Waals surface area contributed by atoms with Crippen molar-refractivity contribution in [3.05, 3.63) is 29.8 Å². The van der Waals surface area contributed by atoms with Crippen LogP contribution in [0.15, 0.2) is 24.3 Å². The van der Waals surface area contributed by atoms with Crippen LogP contribution >= 0.6 is 0 Å². The highest BCUT2D eigenvalue weighted by atomic mass is 16.5. The second-order valence-corrected chi connectivity index (χ2v) is 6.17. The van der Waals surface area contributed by atoms with Gasteiger partial charge in [0.05, 0.1) is 6.61 Å². The molecule has 19 heavy (non-hydrogen) atoms. The Hall–Kier alpha value is -1.06. The zero-order valence-electron chi connectivity index (χ0n) is 12.2. The van der Waals surface area contributed by atoms with Crippen molar-refractivity contribution in [1.82, 2.24) is 5.32 Å². The summed E-state index contributed by atoms with van der Waals surface area (Å²) in [5.74, 6) is 0.981. The quantitative estimate of drug-likeness (QED) is 0.905. The molecule has 3 heteroatoms. The second kappa shape index (κ2) is 6.40. The summed E-state index contributed by atoms with van der Waals surface area (Å²) in [6.07, 6.45) is 2.37. The molecule has 0 amide bonds. The van der Waals surface area contributed by atoms with Gasteiger partial charge >= 0.3 is 0 Å². The van der Waals surface area contributed by atoms with Gasteiger partial charge in [-0.2, -0.15) is 0 Å². The predicted molar refractivity (Wildman–Crippen MR) is 77.5 cm³/mol. The molecular weight excluding hydrogens is 238 g/mol. The standard InChI is InChI=1S/C16H25NO2/c1-16(2,3)17-11-13-7-4-5-9-15(13)19-14-8-6-10-18-12-14/h4-5,7,9,14,17H,6,8,10-12H2,1-3H3. The van der Waals surface area contributed by atoms with Crippen LogP contribution in [0.5, 0.6) is 5.75 Å². The molecule has 106 valence electrons. The molecule has 1 fully saturated rings. The SMILES string of the molecule is CC(C)(C)NCc1ccccc1OC1CCCOC1. The Labute approximate surface area is 116 Å². The number of hydrogen-bond acceptors (Lipinski definition) is 3. The fourth-order valence-electron chi connectivity index (χ4n) is 2.11. The Morgan fingerprint density at radius 3 is 2.79 bits per heavy atom. The average Bonchev–Trinajstić information content (AvgIpc) is 2.38. The molecule has 0 aromatic heterocycles. The monoisotopic (exact) mass is 263 g/mol. The van der Waals surface area contributed by atoms with Crippen molar-refractivity contribution in [2.45, 2.75) is 51.8 Å². The maximum atomic E-state index is 6.09. The zero-order chi connectivity index (χ0) is 13.7. The van der Waals surface area contributed by atoms with E-state index in [0.717, 1.165) is 31.7 Å². The minimum Gasteiger partial charge on any atom is -0.488 e. The van der Waals surface area contributed by atoms with Gasteiger partial charge in [0.1, 0.15) is 11.9 Å². The zero-order valence-corrected chi connectivity index (χ0v) is 12.2. The van der Waals surface area contributed by atoms with E-state index in [1.54, 1.807) is 0 Å². The van der Waals surface area contributed by atoms with Crippen LogP contribution in [0.1, 0.15) is 39.2 Å². The minimum absolute atomic E-state index is 0.112. The van der Waals surface area contributed by atoms with Crippen LogP contribution in [-0.2, 0) is 11.3 Å². The van der Waals surface area contributed by atoms with E-state index in [9.17, 15) is 0 Å². The van der Waals surface area contributed by atoms with E-state index < -0.39 is 0 Å². The van der Waals surface area contributed by atoms with Crippen LogP contribution in [-0.4, -0.2) is 24.9 Å². The molecule has 1 unspecified atom stereocenters. The molecule has 2 rings (SSSR count). The van der Waals surface area contributed by atoms with Gasteiger partial charge in [0.15, 0.2) is 0 Å². The summed E-state index contributed by atoms with van der Waals surface area (Å²) in [5.41, 5.74) is 1.32. The lowest BCUT2D eigenvalue weighted by Crippen LogP contribution is -2.35. The summed E-state index contributed by atoms with van der Waals surface area (Å²) in [7, 11) is 0. The third kappa shape index (κ3) is 4.84. The normalized spacial score (nSPS) is 20.3. The second-order valence-electron chi connectivity index (χ2n) is 6.17. The molecule has 3 nitrogen and oxygen atoms in total. The lowest BCUT2D eigenvalue weighted by molar-refractivity contribution is 0.00697. The van der Waals surface area contributed by atoms with Crippen molar-refractivity contribution in [1.29, 1.82) is 0 Å². The first-order valence-corrected chi connectivity index (χ1v) is 7.12. The van der Waals surface area contributed by atoms with Gasteiger partial charge in [0.25, 0.3) is 0 Å². The molecule has 0 aliphatic carbocycles. The largest absolute Gasteiger partial charge is 0.488 e. The van der Waals surface area contributed by atoms with Gasteiger partial charge in [0, 0.05) is 24.3 Å². The molecular formula is C16H25NO2. The minimum atomic E-state index is 0.112. The van der Waals surface area contributed by atoms with E-state index in [2.05, 4.69) is 38.2 Å². The number of para-hydroxylation sites is 1. The molecule has 1 heterocycles. The third-order valence-electron chi connectivity index (χ3n) is 3.19. The third-order valence-corrected chi connectivity index (χ3v) is 3.19.